The molecule has 0 heterocycles. The smallest absolute Gasteiger partial charge is 0.306 e. The third-order valence-corrected chi connectivity index (χ3v) is 10.5. The second-order valence-electron chi connectivity index (χ2n) is 10.8. The van der Waals surface area contributed by atoms with Crippen molar-refractivity contribution in [3.8, 4) is 0 Å². The summed E-state index contributed by atoms with van der Waals surface area (Å²) in [5.74, 6) is -0.860. The first kappa shape index (κ1) is 48.0. The van der Waals surface area contributed by atoms with E-state index in [0.29, 0.717) is 0 Å². The molecule has 20 heteroatoms. The number of carbonyl (C=O) groups excluding carboxylic acids is 4. The van der Waals surface area contributed by atoms with Crippen LogP contribution in [0.5, 0.6) is 0 Å². The molecule has 0 aliphatic carbocycles. The highest BCUT2D eigenvalue weighted by molar-refractivity contribution is 7.99. The molecule has 0 aromatic rings. The fraction of sp³-hybridized carbons (Fsp3) is 0.862. The lowest BCUT2D eigenvalue weighted by Gasteiger charge is -2.31. The largest absolute Gasteiger partial charge is 0.465 e. The van der Waals surface area contributed by atoms with Crippen LogP contribution in [0.1, 0.15) is 25.7 Å². The van der Waals surface area contributed by atoms with Crippen molar-refractivity contribution in [3.05, 3.63) is 0 Å². The Morgan fingerprint density at radius 1 is 0.429 bits per heavy atom. The van der Waals surface area contributed by atoms with E-state index < -0.39 is 107 Å². The molecule has 0 aliphatic rings. The monoisotopic (exact) mass is 784 g/mol. The Morgan fingerprint density at radius 3 is 0.816 bits per heavy atom. The van der Waals surface area contributed by atoms with Gasteiger partial charge in [-0.15, -0.1) is 0 Å². The number of esters is 4. The van der Waals surface area contributed by atoms with Gasteiger partial charge in [-0.3, -0.25) is 19.2 Å². The van der Waals surface area contributed by atoms with Crippen LogP contribution in [-0.4, -0.2) is 188 Å². The van der Waals surface area contributed by atoms with Gasteiger partial charge >= 0.3 is 23.9 Å². The van der Waals surface area contributed by atoms with Crippen LogP contribution < -0.4 is 0 Å². The van der Waals surface area contributed by atoms with E-state index in [0.717, 1.165) is 0 Å². The molecule has 49 heavy (non-hydrogen) atoms. The Labute approximate surface area is 303 Å². The van der Waals surface area contributed by atoms with Crippen molar-refractivity contribution < 1.29 is 79.0 Å². The first-order valence-corrected chi connectivity index (χ1v) is 20.1. The summed E-state index contributed by atoms with van der Waals surface area (Å²) in [6.07, 6.45) is -4.09. The van der Waals surface area contributed by atoms with Crippen molar-refractivity contribution in [2.45, 2.75) is 50.1 Å². The van der Waals surface area contributed by atoms with Gasteiger partial charge in [-0.2, -0.15) is 47.0 Å². The molecule has 0 saturated carbocycles. The normalized spacial score (nSPS) is 15.0. The van der Waals surface area contributed by atoms with E-state index in [9.17, 15) is 39.6 Å². The molecule has 0 bridgehead atoms. The van der Waals surface area contributed by atoms with Gasteiger partial charge in [0.05, 0.1) is 76.5 Å². The number of carbonyl (C=O) groups is 4. The Balaban J connectivity index is 5.63. The number of hydrogen-bond donors (Lipinski definition) is 8. The zero-order valence-corrected chi connectivity index (χ0v) is 30.7. The number of thioether (sulfide) groups is 4. The average Bonchev–Trinajstić information content (AvgIpc) is 3.10. The minimum atomic E-state index is -1.52. The fourth-order valence-electron chi connectivity index (χ4n) is 3.18. The zero-order valence-electron chi connectivity index (χ0n) is 27.4. The molecule has 16 nitrogen and oxygen atoms in total. The van der Waals surface area contributed by atoms with Gasteiger partial charge in [-0.1, -0.05) is 0 Å². The number of aliphatic hydroxyl groups excluding tert-OH is 8. The van der Waals surface area contributed by atoms with E-state index in [1.165, 1.54) is 47.0 Å². The highest BCUT2D eigenvalue weighted by Gasteiger charge is 2.38. The van der Waals surface area contributed by atoms with Crippen LogP contribution in [0.2, 0.25) is 0 Å². The van der Waals surface area contributed by atoms with Crippen molar-refractivity contribution in [1.82, 2.24) is 0 Å². The van der Waals surface area contributed by atoms with Gasteiger partial charge in [0.2, 0.25) is 0 Å². The van der Waals surface area contributed by atoms with Gasteiger partial charge in [-0.05, 0) is 0 Å². The number of aliphatic hydroxyl groups is 8. The van der Waals surface area contributed by atoms with E-state index in [1.807, 2.05) is 0 Å². The minimum Gasteiger partial charge on any atom is -0.465 e. The summed E-state index contributed by atoms with van der Waals surface area (Å²) < 4.78 is 21.8. The van der Waals surface area contributed by atoms with Crippen LogP contribution in [0.15, 0.2) is 0 Å². The summed E-state index contributed by atoms with van der Waals surface area (Å²) in [5, 5.41) is 73.7. The quantitative estimate of drug-likeness (QED) is 0.0209. The van der Waals surface area contributed by atoms with Crippen LogP contribution in [-0.2, 0) is 38.1 Å². The fourth-order valence-corrected chi connectivity index (χ4v) is 6.60. The third kappa shape index (κ3) is 27.3. The molecule has 0 saturated heterocycles. The maximum atomic E-state index is 12.6. The molecule has 0 amide bonds. The molecule has 4 unspecified atom stereocenters. The van der Waals surface area contributed by atoms with Crippen LogP contribution in [0.3, 0.4) is 0 Å². The number of hydrogen-bond acceptors (Lipinski definition) is 20. The standard InChI is InChI=1S/C29H52O16S4/c30-9-21(34)13-46-5-1-25(38)42-17-29(18-43-26(39)2-6-47-14-22(35)10-31,19-44-27(40)3-7-48-15-23(36)11-32)20-45-28(41)4-8-49-16-24(37)12-33/h21-24,30-37H,1-20H2. The predicted molar refractivity (Wildman–Crippen MR) is 186 cm³/mol. The lowest BCUT2D eigenvalue weighted by molar-refractivity contribution is -0.170. The highest BCUT2D eigenvalue weighted by atomic mass is 32.2. The molecule has 4 atom stereocenters. The summed E-state index contributed by atoms with van der Waals surface area (Å²) in [6.45, 7) is -3.60. The molecule has 0 spiro atoms. The highest BCUT2D eigenvalue weighted by Crippen LogP contribution is 2.23. The Morgan fingerprint density at radius 2 is 0.633 bits per heavy atom. The van der Waals surface area contributed by atoms with Crippen LogP contribution in [0.25, 0.3) is 0 Å². The predicted octanol–water partition coefficient (Wildman–Crippen LogP) is -1.95. The summed E-state index contributed by atoms with van der Waals surface area (Å²) in [4.78, 5) is 50.3. The zero-order chi connectivity index (χ0) is 36.9. The van der Waals surface area contributed by atoms with Crippen LogP contribution in [0, 0.1) is 5.41 Å². The summed E-state index contributed by atoms with van der Waals surface area (Å²) in [7, 11) is 0. The molecule has 0 aromatic heterocycles. The second kappa shape index (κ2) is 30.6. The van der Waals surface area contributed by atoms with Gasteiger partial charge in [0.15, 0.2) is 0 Å². The molecular weight excluding hydrogens is 733 g/mol. The Hall–Kier alpha value is -1.04. The summed E-state index contributed by atoms with van der Waals surface area (Å²) in [6, 6.07) is 0. The van der Waals surface area contributed by atoms with Crippen molar-refractivity contribution >= 4 is 70.9 Å². The van der Waals surface area contributed by atoms with Gasteiger partial charge in [0.1, 0.15) is 31.8 Å². The molecule has 0 aromatic carbocycles. The third-order valence-electron chi connectivity index (χ3n) is 6.04. The molecule has 0 radical (unpaired) electrons. The summed E-state index contributed by atoms with van der Waals surface area (Å²) in [5.41, 5.74) is -1.52. The molecule has 0 rings (SSSR count). The van der Waals surface area contributed by atoms with Gasteiger partial charge in [-0.25, -0.2) is 0 Å². The first-order chi connectivity index (χ1) is 23.4. The topological polar surface area (TPSA) is 267 Å². The van der Waals surface area contributed by atoms with Gasteiger partial charge in [0, 0.05) is 46.0 Å². The van der Waals surface area contributed by atoms with E-state index in [4.69, 9.17) is 39.4 Å². The Kier molecular flexibility index (Phi) is 29.9. The SMILES string of the molecule is O=C(CCSCC(O)CO)OCC(COC(=O)CCSCC(O)CO)(COC(=O)CCSCC(O)CO)COC(=O)CCSCC(O)CO. The lowest BCUT2D eigenvalue weighted by atomic mass is 9.92. The van der Waals surface area contributed by atoms with Crippen molar-refractivity contribution in [1.29, 1.82) is 0 Å². The van der Waals surface area contributed by atoms with Gasteiger partial charge in [0.25, 0.3) is 0 Å². The van der Waals surface area contributed by atoms with Crippen LogP contribution >= 0.6 is 47.0 Å². The van der Waals surface area contributed by atoms with E-state index >= 15 is 0 Å². The van der Waals surface area contributed by atoms with E-state index in [2.05, 4.69) is 0 Å². The molecule has 0 fully saturated rings. The van der Waals surface area contributed by atoms with E-state index in [-0.39, 0.29) is 71.7 Å². The average molecular weight is 785 g/mol. The molecule has 8 N–H and O–H groups in total. The molecule has 288 valence electrons. The van der Waals surface area contributed by atoms with Gasteiger partial charge < -0.3 is 59.8 Å². The van der Waals surface area contributed by atoms with Crippen molar-refractivity contribution in [2.24, 2.45) is 5.41 Å². The number of rotatable bonds is 32. The minimum absolute atomic E-state index is 0.0804. The molecular formula is C29H52O16S4. The summed E-state index contributed by atoms with van der Waals surface area (Å²) >= 11 is 4.86. The maximum Gasteiger partial charge on any atom is 0.306 e. The first-order valence-electron chi connectivity index (χ1n) is 15.5. The number of ether oxygens (including phenoxy) is 4. The van der Waals surface area contributed by atoms with Crippen molar-refractivity contribution in [3.63, 3.8) is 0 Å². The Bertz CT molecular complexity index is 761. The second-order valence-corrected chi connectivity index (χ2v) is 15.4. The van der Waals surface area contributed by atoms with Crippen LogP contribution in [0.4, 0.5) is 0 Å². The van der Waals surface area contributed by atoms with E-state index in [1.54, 1.807) is 0 Å². The molecule has 0 aliphatic heterocycles. The lowest BCUT2D eigenvalue weighted by Crippen LogP contribution is -2.44. The maximum absolute atomic E-state index is 12.6. The van der Waals surface area contributed by atoms with Crippen molar-refractivity contribution in [2.75, 3.05) is 98.9 Å².